The van der Waals surface area contributed by atoms with Gasteiger partial charge in [0.1, 0.15) is 17.9 Å². The minimum absolute atomic E-state index is 0.0671. The SMILES string of the molecule is COC(=O)[C@@H](NC(=O)c1ccc(OC2CCN(Cc3ccccn3)CC2)cc1)C(C)C. The monoisotopic (exact) mass is 425 g/mol. The number of rotatable bonds is 8. The molecule has 0 radical (unpaired) electrons. The average molecular weight is 426 g/mol. The molecule has 7 nitrogen and oxygen atoms in total. The van der Waals surface area contributed by atoms with Gasteiger partial charge in [0.2, 0.25) is 0 Å². The third kappa shape index (κ3) is 6.52. The maximum Gasteiger partial charge on any atom is 0.328 e. The largest absolute Gasteiger partial charge is 0.490 e. The molecule has 1 aromatic carbocycles. The van der Waals surface area contributed by atoms with Crippen LogP contribution in [0.4, 0.5) is 0 Å². The molecule has 1 aromatic heterocycles. The molecule has 3 rings (SSSR count). The van der Waals surface area contributed by atoms with E-state index in [-0.39, 0.29) is 17.9 Å². The Morgan fingerprint density at radius 2 is 1.84 bits per heavy atom. The van der Waals surface area contributed by atoms with Crippen LogP contribution in [0.3, 0.4) is 0 Å². The number of methoxy groups -OCH3 is 1. The molecule has 1 aliphatic rings. The molecule has 0 spiro atoms. The van der Waals surface area contributed by atoms with Gasteiger partial charge < -0.3 is 14.8 Å². The fourth-order valence-corrected chi connectivity index (χ4v) is 3.63. The Bertz CT molecular complexity index is 847. The second-order valence-corrected chi connectivity index (χ2v) is 8.16. The zero-order valence-corrected chi connectivity index (χ0v) is 18.4. The van der Waals surface area contributed by atoms with Gasteiger partial charge >= 0.3 is 5.97 Å². The van der Waals surface area contributed by atoms with Crippen LogP contribution in [0.5, 0.6) is 5.75 Å². The highest BCUT2D eigenvalue weighted by Crippen LogP contribution is 2.21. The Morgan fingerprint density at radius 1 is 1.13 bits per heavy atom. The third-order valence-electron chi connectivity index (χ3n) is 5.47. The molecule has 31 heavy (non-hydrogen) atoms. The zero-order valence-electron chi connectivity index (χ0n) is 18.4. The van der Waals surface area contributed by atoms with Crippen molar-refractivity contribution in [3.8, 4) is 5.75 Å². The number of esters is 1. The van der Waals surface area contributed by atoms with E-state index >= 15 is 0 Å². The van der Waals surface area contributed by atoms with Crippen molar-refractivity contribution < 1.29 is 19.1 Å². The lowest BCUT2D eigenvalue weighted by Crippen LogP contribution is -2.45. The highest BCUT2D eigenvalue weighted by atomic mass is 16.5. The van der Waals surface area contributed by atoms with Crippen LogP contribution in [0.15, 0.2) is 48.7 Å². The first-order valence-electron chi connectivity index (χ1n) is 10.7. The second kappa shape index (κ2) is 10.9. The maximum atomic E-state index is 12.5. The second-order valence-electron chi connectivity index (χ2n) is 8.16. The number of piperidine rings is 1. The molecule has 166 valence electrons. The van der Waals surface area contributed by atoms with Crippen molar-refractivity contribution in [1.29, 1.82) is 0 Å². The number of pyridine rings is 1. The van der Waals surface area contributed by atoms with Gasteiger partial charge in [-0.15, -0.1) is 0 Å². The van der Waals surface area contributed by atoms with Gasteiger partial charge in [-0.2, -0.15) is 0 Å². The first-order valence-corrected chi connectivity index (χ1v) is 10.7. The van der Waals surface area contributed by atoms with Gasteiger partial charge in [0.15, 0.2) is 0 Å². The van der Waals surface area contributed by atoms with E-state index in [1.54, 1.807) is 24.3 Å². The predicted octanol–water partition coefficient (Wildman–Crippen LogP) is 3.05. The smallest absolute Gasteiger partial charge is 0.328 e. The molecular formula is C24H31N3O4. The predicted molar refractivity (Wildman–Crippen MR) is 118 cm³/mol. The van der Waals surface area contributed by atoms with Crippen molar-refractivity contribution in [2.45, 2.75) is 45.4 Å². The number of nitrogens with zero attached hydrogens (tertiary/aromatic N) is 2. The van der Waals surface area contributed by atoms with E-state index in [4.69, 9.17) is 9.47 Å². The number of hydrogen-bond donors (Lipinski definition) is 1. The topological polar surface area (TPSA) is 80.8 Å². The van der Waals surface area contributed by atoms with Crippen LogP contribution in [0.25, 0.3) is 0 Å². The summed E-state index contributed by atoms with van der Waals surface area (Å²) in [5, 5.41) is 2.74. The highest BCUT2D eigenvalue weighted by Gasteiger charge is 2.25. The van der Waals surface area contributed by atoms with Crippen LogP contribution < -0.4 is 10.1 Å². The van der Waals surface area contributed by atoms with E-state index in [2.05, 4.69) is 21.3 Å². The standard InChI is InChI=1S/C24H31N3O4/c1-17(2)22(24(29)30-3)26-23(28)18-7-9-20(10-8-18)31-21-11-14-27(15-12-21)16-19-6-4-5-13-25-19/h4-10,13,17,21-22H,11-12,14-16H2,1-3H3,(H,26,28)/t22-/m0/s1. The average Bonchev–Trinajstić information content (AvgIpc) is 2.79. The van der Waals surface area contributed by atoms with E-state index in [0.29, 0.717) is 5.56 Å². The number of carbonyl (C=O) groups excluding carboxylic acids is 2. The molecule has 0 bridgehead atoms. The molecule has 2 aromatic rings. The van der Waals surface area contributed by atoms with Crippen LogP contribution in [-0.4, -0.2) is 54.1 Å². The minimum Gasteiger partial charge on any atom is -0.490 e. The number of ether oxygens (including phenoxy) is 2. The molecule has 1 atom stereocenters. The Kier molecular flexibility index (Phi) is 8.00. The van der Waals surface area contributed by atoms with Crippen LogP contribution in [0.1, 0.15) is 42.7 Å². The number of nitrogens with one attached hydrogen (secondary N) is 1. The van der Waals surface area contributed by atoms with Crippen LogP contribution in [0.2, 0.25) is 0 Å². The summed E-state index contributed by atoms with van der Waals surface area (Å²) < 4.78 is 10.9. The number of aromatic nitrogens is 1. The molecular weight excluding hydrogens is 394 g/mol. The lowest BCUT2D eigenvalue weighted by molar-refractivity contribution is -0.144. The summed E-state index contributed by atoms with van der Waals surface area (Å²) in [6, 6.07) is 12.4. The van der Waals surface area contributed by atoms with Gasteiger partial charge in [0.25, 0.3) is 5.91 Å². The molecule has 1 saturated heterocycles. The number of hydrogen-bond acceptors (Lipinski definition) is 6. The molecule has 1 aliphatic heterocycles. The molecule has 1 amide bonds. The number of likely N-dealkylation sites (tertiary alicyclic amines) is 1. The summed E-state index contributed by atoms with van der Waals surface area (Å²) in [6.45, 7) is 6.51. The molecule has 1 fully saturated rings. The molecule has 0 aliphatic carbocycles. The Balaban J connectivity index is 1.48. The van der Waals surface area contributed by atoms with Crippen molar-refractivity contribution in [3.63, 3.8) is 0 Å². The van der Waals surface area contributed by atoms with E-state index in [1.807, 2.05) is 32.2 Å². The molecule has 0 unspecified atom stereocenters. The van der Waals surface area contributed by atoms with Crippen LogP contribution in [-0.2, 0) is 16.1 Å². The van der Waals surface area contributed by atoms with Crippen molar-refractivity contribution in [1.82, 2.24) is 15.2 Å². The Hall–Kier alpha value is -2.93. The fourth-order valence-electron chi connectivity index (χ4n) is 3.63. The van der Waals surface area contributed by atoms with E-state index in [1.165, 1.54) is 7.11 Å². The third-order valence-corrected chi connectivity index (χ3v) is 5.47. The maximum absolute atomic E-state index is 12.5. The van der Waals surface area contributed by atoms with Gasteiger partial charge in [0.05, 0.1) is 12.8 Å². The van der Waals surface area contributed by atoms with Crippen molar-refractivity contribution in [3.05, 3.63) is 59.9 Å². The van der Waals surface area contributed by atoms with Gasteiger partial charge in [-0.25, -0.2) is 4.79 Å². The molecule has 2 heterocycles. The summed E-state index contributed by atoms with van der Waals surface area (Å²) in [5.74, 6) is -0.0770. The number of amides is 1. The Labute approximate surface area is 183 Å². The van der Waals surface area contributed by atoms with E-state index in [0.717, 1.165) is 43.9 Å². The molecule has 7 heteroatoms. The first kappa shape index (κ1) is 22.7. The first-order chi connectivity index (χ1) is 15.0. The van der Waals surface area contributed by atoms with Gasteiger partial charge in [-0.1, -0.05) is 19.9 Å². The molecule has 1 N–H and O–H groups in total. The number of benzene rings is 1. The summed E-state index contributed by atoms with van der Waals surface area (Å²) >= 11 is 0. The summed E-state index contributed by atoms with van der Waals surface area (Å²) in [4.78, 5) is 31.1. The van der Waals surface area contributed by atoms with Crippen molar-refractivity contribution in [2.24, 2.45) is 5.92 Å². The quantitative estimate of drug-likeness (QED) is 0.655. The lowest BCUT2D eigenvalue weighted by Gasteiger charge is -2.31. The van der Waals surface area contributed by atoms with Crippen molar-refractivity contribution in [2.75, 3.05) is 20.2 Å². The van der Waals surface area contributed by atoms with Crippen LogP contribution >= 0.6 is 0 Å². The normalized spacial score (nSPS) is 16.0. The summed E-state index contributed by atoms with van der Waals surface area (Å²) in [7, 11) is 1.32. The van der Waals surface area contributed by atoms with Crippen molar-refractivity contribution >= 4 is 11.9 Å². The zero-order chi connectivity index (χ0) is 22.2. The van der Waals surface area contributed by atoms with Gasteiger partial charge in [-0.3, -0.25) is 14.7 Å². The van der Waals surface area contributed by atoms with Gasteiger partial charge in [0, 0.05) is 31.4 Å². The number of carbonyl (C=O) groups is 2. The minimum atomic E-state index is -0.676. The van der Waals surface area contributed by atoms with Crippen LogP contribution in [0, 0.1) is 5.92 Å². The molecule has 0 saturated carbocycles. The fraction of sp³-hybridized carbons (Fsp3) is 0.458. The van der Waals surface area contributed by atoms with E-state index in [9.17, 15) is 9.59 Å². The van der Waals surface area contributed by atoms with E-state index < -0.39 is 12.0 Å². The lowest BCUT2D eigenvalue weighted by atomic mass is 10.0. The summed E-state index contributed by atoms with van der Waals surface area (Å²) in [5.41, 5.74) is 1.56. The summed E-state index contributed by atoms with van der Waals surface area (Å²) in [6.07, 6.45) is 3.88. The highest BCUT2D eigenvalue weighted by molar-refractivity contribution is 5.96. The van der Waals surface area contributed by atoms with Gasteiger partial charge in [-0.05, 0) is 55.2 Å². The Morgan fingerprint density at radius 3 is 2.42 bits per heavy atom.